The zero-order chi connectivity index (χ0) is 8.93. The average Bonchev–Trinajstić information content (AvgIpc) is 2.21. The number of hydrogen-bond acceptors (Lipinski definition) is 2. The van der Waals surface area contributed by atoms with E-state index in [1.54, 1.807) is 0 Å². The predicted octanol–water partition coefficient (Wildman–Crippen LogP) is 1.91. The second-order valence-electron chi connectivity index (χ2n) is 3.89. The molecule has 72 valence electrons. The lowest BCUT2D eigenvalue weighted by Crippen LogP contribution is -2.45. The van der Waals surface area contributed by atoms with Crippen molar-refractivity contribution >= 4 is 0 Å². The first kappa shape index (κ1) is 8.82. The second kappa shape index (κ2) is 4.47. The molecule has 1 unspecified atom stereocenters. The Kier molecular flexibility index (Phi) is 3.03. The fourth-order valence-electron chi connectivity index (χ4n) is 2.07. The van der Waals surface area contributed by atoms with Gasteiger partial charge >= 0.3 is 0 Å². The number of hydrogen-bond donors (Lipinski definition) is 2. The zero-order valence-electron chi connectivity index (χ0n) is 8.00. The van der Waals surface area contributed by atoms with Gasteiger partial charge in [0.25, 0.3) is 0 Å². The van der Waals surface area contributed by atoms with Crippen LogP contribution in [0.4, 0.5) is 0 Å². The molecule has 1 fully saturated rings. The standard InChI is InChI=1S/C11H18N2/c1-2-6-10(7-3-1)13-11-8-4-5-9-12-11/h4-5,8-13H,1-3,6-7H2. The molecular weight excluding hydrogens is 160 g/mol. The molecule has 1 aliphatic carbocycles. The Balaban J connectivity index is 1.76. The highest BCUT2D eigenvalue weighted by Crippen LogP contribution is 2.17. The van der Waals surface area contributed by atoms with Gasteiger partial charge in [0.1, 0.15) is 0 Å². The van der Waals surface area contributed by atoms with Gasteiger partial charge in [-0.1, -0.05) is 25.3 Å². The maximum Gasteiger partial charge on any atom is 0.0961 e. The molecule has 0 spiro atoms. The third-order valence-corrected chi connectivity index (χ3v) is 2.81. The summed E-state index contributed by atoms with van der Waals surface area (Å²) in [5.74, 6) is 0. The van der Waals surface area contributed by atoms with Crippen LogP contribution in [0.5, 0.6) is 0 Å². The molecule has 0 saturated heterocycles. The summed E-state index contributed by atoms with van der Waals surface area (Å²) in [7, 11) is 0. The minimum absolute atomic E-state index is 0.355. The van der Waals surface area contributed by atoms with Gasteiger partial charge in [0.15, 0.2) is 0 Å². The van der Waals surface area contributed by atoms with Crippen molar-refractivity contribution in [3.63, 3.8) is 0 Å². The molecule has 2 aliphatic rings. The van der Waals surface area contributed by atoms with Crippen molar-refractivity contribution in [2.75, 3.05) is 0 Å². The summed E-state index contributed by atoms with van der Waals surface area (Å²) in [6.45, 7) is 0. The summed E-state index contributed by atoms with van der Waals surface area (Å²) in [4.78, 5) is 0. The highest BCUT2D eigenvalue weighted by Gasteiger charge is 2.15. The van der Waals surface area contributed by atoms with Gasteiger partial charge < -0.3 is 5.32 Å². The lowest BCUT2D eigenvalue weighted by Gasteiger charge is -2.27. The summed E-state index contributed by atoms with van der Waals surface area (Å²) < 4.78 is 0. The highest BCUT2D eigenvalue weighted by molar-refractivity contribution is 5.11. The summed E-state index contributed by atoms with van der Waals surface area (Å²) in [5, 5.41) is 6.90. The topological polar surface area (TPSA) is 24.1 Å². The van der Waals surface area contributed by atoms with E-state index in [0.717, 1.165) is 6.04 Å². The molecule has 13 heavy (non-hydrogen) atoms. The van der Waals surface area contributed by atoms with Crippen LogP contribution in [-0.2, 0) is 0 Å². The molecule has 1 aliphatic heterocycles. The van der Waals surface area contributed by atoms with Gasteiger partial charge in [-0.15, -0.1) is 0 Å². The Morgan fingerprint density at radius 2 is 1.92 bits per heavy atom. The first-order valence-electron chi connectivity index (χ1n) is 5.30. The quantitative estimate of drug-likeness (QED) is 0.675. The molecule has 2 rings (SSSR count). The SMILES string of the molecule is C1=CNC(NC2CCCCC2)C=C1. The Hall–Kier alpha value is -0.760. The maximum atomic E-state index is 3.61. The zero-order valence-corrected chi connectivity index (χ0v) is 8.00. The second-order valence-corrected chi connectivity index (χ2v) is 3.89. The van der Waals surface area contributed by atoms with Crippen LogP contribution in [0.25, 0.3) is 0 Å². The first-order chi connectivity index (χ1) is 6.45. The smallest absolute Gasteiger partial charge is 0.0961 e. The van der Waals surface area contributed by atoms with Crippen molar-refractivity contribution < 1.29 is 0 Å². The van der Waals surface area contributed by atoms with E-state index in [9.17, 15) is 0 Å². The van der Waals surface area contributed by atoms with E-state index in [2.05, 4.69) is 22.8 Å². The van der Waals surface area contributed by atoms with Gasteiger partial charge in [-0.25, -0.2) is 0 Å². The van der Waals surface area contributed by atoms with Crippen LogP contribution in [0.2, 0.25) is 0 Å². The van der Waals surface area contributed by atoms with Gasteiger partial charge in [-0.2, -0.15) is 0 Å². The van der Waals surface area contributed by atoms with Gasteiger partial charge in [0.2, 0.25) is 0 Å². The van der Waals surface area contributed by atoms with E-state index in [1.807, 2.05) is 12.3 Å². The van der Waals surface area contributed by atoms with Gasteiger partial charge in [0, 0.05) is 6.04 Å². The fourth-order valence-corrected chi connectivity index (χ4v) is 2.07. The monoisotopic (exact) mass is 178 g/mol. The van der Waals surface area contributed by atoms with Crippen LogP contribution in [0, 0.1) is 0 Å². The van der Waals surface area contributed by atoms with Crippen LogP contribution < -0.4 is 10.6 Å². The summed E-state index contributed by atoms with van der Waals surface area (Å²) in [6.07, 6.45) is 15.5. The summed E-state index contributed by atoms with van der Waals surface area (Å²) >= 11 is 0. The van der Waals surface area contributed by atoms with Crippen LogP contribution in [0.3, 0.4) is 0 Å². The number of dihydropyridines is 1. The molecule has 2 nitrogen and oxygen atoms in total. The molecule has 0 amide bonds. The van der Waals surface area contributed by atoms with Crippen LogP contribution >= 0.6 is 0 Å². The minimum atomic E-state index is 0.355. The summed E-state index contributed by atoms with van der Waals surface area (Å²) in [6, 6.07) is 0.724. The molecule has 2 heteroatoms. The van der Waals surface area contributed by atoms with Crippen LogP contribution in [0.15, 0.2) is 24.4 Å². The average molecular weight is 178 g/mol. The van der Waals surface area contributed by atoms with E-state index in [0.29, 0.717) is 6.17 Å². The Morgan fingerprint density at radius 1 is 1.08 bits per heavy atom. The van der Waals surface area contributed by atoms with E-state index in [-0.39, 0.29) is 0 Å². The fraction of sp³-hybridized carbons (Fsp3) is 0.636. The normalized spacial score (nSPS) is 28.8. The van der Waals surface area contributed by atoms with Crippen molar-refractivity contribution in [2.45, 2.75) is 44.3 Å². The first-order valence-corrected chi connectivity index (χ1v) is 5.30. The van der Waals surface area contributed by atoms with E-state index < -0.39 is 0 Å². The van der Waals surface area contributed by atoms with Crippen molar-refractivity contribution in [3.8, 4) is 0 Å². The molecule has 1 atom stereocenters. The van der Waals surface area contributed by atoms with Gasteiger partial charge in [0.05, 0.1) is 6.17 Å². The van der Waals surface area contributed by atoms with Crippen molar-refractivity contribution in [1.82, 2.24) is 10.6 Å². The molecule has 0 bridgehead atoms. The minimum Gasteiger partial charge on any atom is -0.372 e. The molecule has 0 aromatic carbocycles. The number of allylic oxidation sites excluding steroid dienone is 2. The van der Waals surface area contributed by atoms with Crippen LogP contribution in [0.1, 0.15) is 32.1 Å². The number of nitrogens with one attached hydrogen (secondary N) is 2. The van der Waals surface area contributed by atoms with E-state index in [1.165, 1.54) is 32.1 Å². The molecule has 1 saturated carbocycles. The third kappa shape index (κ3) is 2.59. The Labute approximate surface area is 80.1 Å². The summed E-state index contributed by atoms with van der Waals surface area (Å²) in [5.41, 5.74) is 0. The Bertz CT molecular complexity index is 202. The maximum absolute atomic E-state index is 3.61. The van der Waals surface area contributed by atoms with Crippen molar-refractivity contribution in [1.29, 1.82) is 0 Å². The molecule has 2 N–H and O–H groups in total. The van der Waals surface area contributed by atoms with E-state index >= 15 is 0 Å². The van der Waals surface area contributed by atoms with Crippen molar-refractivity contribution in [3.05, 3.63) is 24.4 Å². The van der Waals surface area contributed by atoms with E-state index in [4.69, 9.17) is 0 Å². The largest absolute Gasteiger partial charge is 0.372 e. The highest BCUT2D eigenvalue weighted by atomic mass is 15.1. The van der Waals surface area contributed by atoms with Gasteiger partial charge in [-0.05, 0) is 31.2 Å². The molecule has 0 aromatic rings. The molecular formula is C11H18N2. The van der Waals surface area contributed by atoms with Gasteiger partial charge in [-0.3, -0.25) is 5.32 Å². The lowest BCUT2D eigenvalue weighted by molar-refractivity contribution is 0.344. The molecule has 0 aromatic heterocycles. The van der Waals surface area contributed by atoms with Crippen LogP contribution in [-0.4, -0.2) is 12.2 Å². The molecule has 1 heterocycles. The van der Waals surface area contributed by atoms with Crippen molar-refractivity contribution in [2.24, 2.45) is 0 Å². The lowest BCUT2D eigenvalue weighted by atomic mass is 9.95. The molecule has 0 radical (unpaired) electrons. The third-order valence-electron chi connectivity index (χ3n) is 2.81. The predicted molar refractivity (Wildman–Crippen MR) is 55.2 cm³/mol. The number of rotatable bonds is 2. The Morgan fingerprint density at radius 3 is 2.62 bits per heavy atom.